The minimum atomic E-state index is -1.32. The van der Waals surface area contributed by atoms with Crippen molar-refractivity contribution < 1.29 is 19.6 Å². The van der Waals surface area contributed by atoms with Gasteiger partial charge in [0, 0.05) is 32.0 Å². The Bertz CT molecular complexity index is 528. The van der Waals surface area contributed by atoms with Crippen LogP contribution in [0.15, 0.2) is 18.2 Å². The predicted molar refractivity (Wildman–Crippen MR) is 78.8 cm³/mol. The number of nitrogens with one attached hydrogen (secondary N) is 1. The number of hydrogen-bond acceptors (Lipinski definition) is 5. The van der Waals surface area contributed by atoms with Crippen LogP contribution in [0.2, 0.25) is 0 Å². The van der Waals surface area contributed by atoms with Crippen molar-refractivity contribution in [3.05, 3.63) is 33.9 Å². The highest BCUT2D eigenvalue weighted by Crippen LogP contribution is 2.25. The molecule has 0 radical (unpaired) electrons. The number of rotatable bonds is 8. The van der Waals surface area contributed by atoms with Crippen LogP contribution in [-0.4, -0.2) is 36.3 Å². The monoisotopic (exact) mass is 296 g/mol. The van der Waals surface area contributed by atoms with E-state index in [1.54, 1.807) is 7.11 Å². The average Bonchev–Trinajstić information content (AvgIpc) is 2.42. The molecule has 0 aliphatic heterocycles. The molecule has 0 amide bonds. The van der Waals surface area contributed by atoms with E-state index >= 15 is 0 Å². The summed E-state index contributed by atoms with van der Waals surface area (Å²) in [6.45, 7) is 5.35. The topological polar surface area (TPSA) is 102 Å². The molecular formula is C14H20N2O5. The summed E-state index contributed by atoms with van der Waals surface area (Å²) in [6, 6.07) is 4.00. The fourth-order valence-corrected chi connectivity index (χ4v) is 1.78. The molecule has 0 atom stereocenters. The Hall–Kier alpha value is -2.15. The first kappa shape index (κ1) is 16.9. The van der Waals surface area contributed by atoms with Gasteiger partial charge in [0.15, 0.2) is 0 Å². The number of carbonyl (C=O) groups is 1. The maximum absolute atomic E-state index is 11.1. The Kier molecular flexibility index (Phi) is 5.66. The standard InChI is InChI=1S/C14H20N2O5/c1-14(2,6-7-21-3)9-15-10-4-5-12(16(19)20)11(8-10)13(17)18/h4-5,8,15H,6-7,9H2,1-3H3,(H,17,18). The van der Waals surface area contributed by atoms with E-state index in [4.69, 9.17) is 9.84 Å². The number of anilines is 1. The van der Waals surface area contributed by atoms with Gasteiger partial charge in [-0.2, -0.15) is 0 Å². The van der Waals surface area contributed by atoms with E-state index < -0.39 is 16.6 Å². The van der Waals surface area contributed by atoms with Crippen molar-refractivity contribution in [1.29, 1.82) is 0 Å². The summed E-state index contributed by atoms with van der Waals surface area (Å²) in [5.41, 5.74) is -0.226. The lowest BCUT2D eigenvalue weighted by molar-refractivity contribution is -0.385. The predicted octanol–water partition coefficient (Wildman–Crippen LogP) is 2.77. The zero-order valence-electron chi connectivity index (χ0n) is 12.4. The molecule has 21 heavy (non-hydrogen) atoms. The van der Waals surface area contributed by atoms with E-state index in [0.717, 1.165) is 6.42 Å². The first-order valence-corrected chi connectivity index (χ1v) is 6.51. The molecular weight excluding hydrogens is 276 g/mol. The van der Waals surface area contributed by atoms with Crippen molar-refractivity contribution in [3.63, 3.8) is 0 Å². The van der Waals surface area contributed by atoms with Crippen LogP contribution in [0.3, 0.4) is 0 Å². The van der Waals surface area contributed by atoms with Gasteiger partial charge in [0.05, 0.1) is 4.92 Å². The second-order valence-electron chi connectivity index (χ2n) is 5.55. The van der Waals surface area contributed by atoms with Crippen molar-refractivity contribution in [2.45, 2.75) is 20.3 Å². The second-order valence-corrected chi connectivity index (χ2v) is 5.55. The van der Waals surface area contributed by atoms with Gasteiger partial charge in [-0.15, -0.1) is 0 Å². The number of benzene rings is 1. The fourth-order valence-electron chi connectivity index (χ4n) is 1.78. The van der Waals surface area contributed by atoms with Crippen LogP contribution < -0.4 is 5.32 Å². The molecule has 0 fully saturated rings. The summed E-state index contributed by atoms with van der Waals surface area (Å²) >= 11 is 0. The smallest absolute Gasteiger partial charge is 0.342 e. The third kappa shape index (κ3) is 5.03. The van der Waals surface area contributed by atoms with Gasteiger partial charge in [0.1, 0.15) is 5.56 Å². The number of ether oxygens (including phenoxy) is 1. The highest BCUT2D eigenvalue weighted by Gasteiger charge is 2.21. The van der Waals surface area contributed by atoms with E-state index in [9.17, 15) is 14.9 Å². The Morgan fingerprint density at radius 2 is 2.14 bits per heavy atom. The molecule has 7 nitrogen and oxygen atoms in total. The zero-order valence-corrected chi connectivity index (χ0v) is 12.4. The van der Waals surface area contributed by atoms with Crippen LogP contribution in [-0.2, 0) is 4.74 Å². The van der Waals surface area contributed by atoms with Crippen molar-refractivity contribution in [1.82, 2.24) is 0 Å². The minimum Gasteiger partial charge on any atom is -0.477 e. The molecule has 0 heterocycles. The summed E-state index contributed by atoms with van der Waals surface area (Å²) in [5, 5.41) is 22.9. The average molecular weight is 296 g/mol. The summed E-state index contributed by atoms with van der Waals surface area (Å²) < 4.78 is 5.04. The minimum absolute atomic E-state index is 0.0405. The van der Waals surface area contributed by atoms with Gasteiger partial charge in [-0.1, -0.05) is 13.8 Å². The van der Waals surface area contributed by atoms with Gasteiger partial charge >= 0.3 is 5.97 Å². The van der Waals surface area contributed by atoms with E-state index in [0.29, 0.717) is 18.8 Å². The van der Waals surface area contributed by atoms with Gasteiger partial charge in [-0.3, -0.25) is 10.1 Å². The van der Waals surface area contributed by atoms with Crippen molar-refractivity contribution in [3.8, 4) is 0 Å². The van der Waals surface area contributed by atoms with Crippen molar-refractivity contribution >= 4 is 17.3 Å². The molecule has 1 aromatic carbocycles. The number of nitrogens with zero attached hydrogens (tertiary/aromatic N) is 1. The molecule has 1 aromatic rings. The van der Waals surface area contributed by atoms with Gasteiger partial charge < -0.3 is 15.2 Å². The van der Waals surface area contributed by atoms with Crippen LogP contribution >= 0.6 is 0 Å². The first-order valence-electron chi connectivity index (χ1n) is 6.51. The molecule has 1 rings (SSSR count). The zero-order chi connectivity index (χ0) is 16.0. The lowest BCUT2D eigenvalue weighted by Crippen LogP contribution is -2.24. The van der Waals surface area contributed by atoms with E-state index in [-0.39, 0.29) is 11.0 Å². The maximum atomic E-state index is 11.1. The fraction of sp³-hybridized carbons (Fsp3) is 0.500. The third-order valence-electron chi connectivity index (χ3n) is 3.18. The van der Waals surface area contributed by atoms with Crippen molar-refractivity contribution in [2.75, 3.05) is 25.6 Å². The molecule has 7 heteroatoms. The molecule has 0 aliphatic carbocycles. The van der Waals surface area contributed by atoms with Gasteiger partial charge in [0.2, 0.25) is 0 Å². The van der Waals surface area contributed by atoms with Gasteiger partial charge in [-0.05, 0) is 24.0 Å². The van der Waals surface area contributed by atoms with Gasteiger partial charge in [0.25, 0.3) is 5.69 Å². The normalized spacial score (nSPS) is 11.2. The largest absolute Gasteiger partial charge is 0.477 e. The molecule has 0 spiro atoms. The lowest BCUT2D eigenvalue weighted by Gasteiger charge is -2.25. The Morgan fingerprint density at radius 3 is 2.67 bits per heavy atom. The second kappa shape index (κ2) is 7.03. The molecule has 116 valence electrons. The van der Waals surface area contributed by atoms with Crippen LogP contribution in [0.1, 0.15) is 30.6 Å². The molecule has 0 unspecified atom stereocenters. The molecule has 0 saturated heterocycles. The van der Waals surface area contributed by atoms with Crippen LogP contribution in [0.25, 0.3) is 0 Å². The number of methoxy groups -OCH3 is 1. The van der Waals surface area contributed by atoms with E-state index in [2.05, 4.69) is 19.2 Å². The van der Waals surface area contributed by atoms with Crippen LogP contribution in [0.5, 0.6) is 0 Å². The van der Waals surface area contributed by atoms with E-state index in [1.807, 2.05) is 0 Å². The molecule has 0 aromatic heterocycles. The molecule has 0 bridgehead atoms. The Morgan fingerprint density at radius 1 is 1.48 bits per heavy atom. The van der Waals surface area contributed by atoms with Crippen molar-refractivity contribution in [2.24, 2.45) is 5.41 Å². The highest BCUT2D eigenvalue weighted by molar-refractivity contribution is 5.93. The quantitative estimate of drug-likeness (QED) is 0.565. The summed E-state index contributed by atoms with van der Waals surface area (Å²) in [4.78, 5) is 21.2. The number of nitro benzene ring substituents is 1. The number of carboxylic acids is 1. The summed E-state index contributed by atoms with van der Waals surface area (Å²) in [7, 11) is 1.64. The molecule has 2 N–H and O–H groups in total. The number of nitro groups is 1. The summed E-state index contributed by atoms with van der Waals surface area (Å²) in [5.74, 6) is -1.32. The van der Waals surface area contributed by atoms with E-state index in [1.165, 1.54) is 18.2 Å². The Labute approximate surface area is 123 Å². The highest BCUT2D eigenvalue weighted by atomic mass is 16.6. The maximum Gasteiger partial charge on any atom is 0.342 e. The number of aromatic carboxylic acids is 1. The molecule has 0 saturated carbocycles. The lowest BCUT2D eigenvalue weighted by atomic mass is 9.89. The first-order chi connectivity index (χ1) is 9.76. The van der Waals surface area contributed by atoms with Crippen LogP contribution in [0, 0.1) is 15.5 Å². The summed E-state index contributed by atoms with van der Waals surface area (Å²) in [6.07, 6.45) is 0.843. The van der Waals surface area contributed by atoms with Gasteiger partial charge in [-0.25, -0.2) is 4.79 Å². The number of hydrogen-bond donors (Lipinski definition) is 2. The number of carboxylic acid groups (broad SMARTS) is 1. The third-order valence-corrected chi connectivity index (χ3v) is 3.18. The SMILES string of the molecule is COCCC(C)(C)CNc1ccc([N+](=O)[O-])c(C(=O)O)c1. The Balaban J connectivity index is 2.83. The molecule has 0 aliphatic rings. The van der Waals surface area contributed by atoms with Crippen LogP contribution in [0.4, 0.5) is 11.4 Å².